The van der Waals surface area contributed by atoms with E-state index in [1.807, 2.05) is 0 Å². The molecule has 0 bridgehead atoms. The first-order valence-corrected chi connectivity index (χ1v) is 14.8. The fourth-order valence-electron chi connectivity index (χ4n) is 21.0. The topological polar surface area (TPSA) is 0 Å². The Morgan fingerprint density at radius 3 is 1.85 bits per heavy atom. The number of hydrogen-bond donors (Lipinski definition) is 0. The molecule has 0 radical (unpaired) electrons. The van der Waals surface area contributed by atoms with E-state index in [4.69, 9.17) is 0 Å². The van der Waals surface area contributed by atoms with Crippen molar-refractivity contribution in [2.75, 3.05) is 0 Å². The first kappa shape index (κ1) is 7.84. The van der Waals surface area contributed by atoms with Gasteiger partial charge in [0.25, 0.3) is 0 Å². The van der Waals surface area contributed by atoms with E-state index < -0.39 is 6.51 Å². The van der Waals surface area contributed by atoms with Crippen molar-refractivity contribution in [2.24, 2.45) is 0 Å². The van der Waals surface area contributed by atoms with Gasteiger partial charge in [0.1, 0.15) is 0 Å². The molecule has 10 aliphatic heterocycles. The molecule has 104 valence electrons. The maximum absolute atomic E-state index is 3.08. The van der Waals surface area contributed by atoms with Crippen LogP contribution in [0.3, 0.4) is 0 Å². The van der Waals surface area contributed by atoms with Crippen molar-refractivity contribution >= 4 is 0 Å². The molecule has 1 spiro atoms. The first-order chi connectivity index (χ1) is 9.41. The van der Waals surface area contributed by atoms with Gasteiger partial charge in [-0.2, -0.15) is 0 Å². The van der Waals surface area contributed by atoms with Crippen LogP contribution >= 0.6 is 0 Å². The van der Waals surface area contributed by atoms with Gasteiger partial charge in [0.15, 0.2) is 0 Å². The van der Waals surface area contributed by atoms with Crippen molar-refractivity contribution in [2.45, 2.75) is 66.9 Å². The van der Waals surface area contributed by atoms with Crippen molar-refractivity contribution in [1.29, 1.82) is 0 Å². The van der Waals surface area contributed by atoms with E-state index in [-0.39, 0.29) is 0 Å². The molecule has 10 aliphatic rings. The van der Waals surface area contributed by atoms with Crippen molar-refractivity contribution in [3.63, 3.8) is 0 Å². The summed E-state index contributed by atoms with van der Waals surface area (Å²) >= 11 is 0. The predicted molar refractivity (Wildman–Crippen MR) is 75.8 cm³/mol. The van der Waals surface area contributed by atoms with Gasteiger partial charge < -0.3 is 0 Å². The fourth-order valence-corrected chi connectivity index (χ4v) is 102. The molecule has 1 aromatic rings. The third-order valence-corrected chi connectivity index (χ3v) is 64.9. The van der Waals surface area contributed by atoms with Crippen molar-refractivity contribution < 1.29 is 6.51 Å². The quantitative estimate of drug-likeness (QED) is 0.609. The molecule has 10 fully saturated rings. The van der Waals surface area contributed by atoms with Gasteiger partial charge >= 0.3 is 109 Å². The Morgan fingerprint density at radius 1 is 0.900 bits per heavy atom. The van der Waals surface area contributed by atoms with Crippen LogP contribution in [0.4, 0.5) is 0 Å². The van der Waals surface area contributed by atoms with Crippen LogP contribution in [-0.2, 0) is 12.9 Å². The van der Waals surface area contributed by atoms with E-state index in [9.17, 15) is 0 Å². The Bertz CT molecular complexity index is 1230. The van der Waals surface area contributed by atoms with E-state index in [0.717, 1.165) is 12.9 Å². The minimum absolute atomic E-state index is 0.981. The Labute approximate surface area is 109 Å². The molecule has 10 heterocycles. The van der Waals surface area contributed by atoms with Crippen molar-refractivity contribution in [1.82, 2.24) is 0 Å². The second-order valence-corrected chi connectivity index (χ2v) is 35.9. The molecular weight excluding hydrogens is 284 g/mol. The molecule has 0 nitrogen and oxygen atoms in total. The van der Waals surface area contributed by atoms with Gasteiger partial charge in [0.2, 0.25) is 0 Å². The first-order valence-electron chi connectivity index (χ1n) is 8.65. The van der Waals surface area contributed by atoms with E-state index >= 15 is 0 Å². The Hall–Kier alpha value is -0.261. The number of hydrogen-bond acceptors (Lipinski definition) is 0. The molecule has 0 saturated carbocycles. The van der Waals surface area contributed by atoms with Crippen LogP contribution < -0.4 is 0 Å². The van der Waals surface area contributed by atoms with Gasteiger partial charge in [-0.15, -0.1) is 0 Å². The zero-order valence-electron chi connectivity index (χ0n) is 12.0. The molecule has 5 atom stereocenters. The number of fused-ring (bicyclic) bond motifs is 10. The Morgan fingerprint density at radius 2 is 1.50 bits per heavy atom. The number of benzene rings is 1. The molecule has 0 aromatic heterocycles. The van der Waals surface area contributed by atoms with E-state index in [2.05, 4.69) is 44.2 Å². The summed E-state index contributed by atoms with van der Waals surface area (Å²) in [5.74, 6) is 0. The predicted octanol–water partition coefficient (Wildman–Crippen LogP) is 5.77. The third kappa shape index (κ3) is 0.0772. The summed E-state index contributed by atoms with van der Waals surface area (Å²) in [6.07, 6.45) is 1.53. The van der Waals surface area contributed by atoms with Gasteiger partial charge in [0.05, 0.1) is 0 Å². The summed E-state index contributed by atoms with van der Waals surface area (Å²) in [5.41, 5.74) is 1.70. The zero-order chi connectivity index (χ0) is 12.7. The molecule has 5 unspecified atom stereocenters. The van der Waals surface area contributed by atoms with Gasteiger partial charge in [0, 0.05) is 0 Å². The van der Waals surface area contributed by atoms with Crippen molar-refractivity contribution in [3.8, 4) is 0 Å². The van der Waals surface area contributed by atoms with Crippen LogP contribution in [0, 0.1) is 0 Å². The second-order valence-electron chi connectivity index (χ2n) is 12.3. The number of rotatable bonds is 2. The summed E-state index contributed by atoms with van der Waals surface area (Å²) in [6, 6.07) is 11.6. The van der Waals surface area contributed by atoms with E-state index in [1.165, 1.54) is 40.1 Å². The SMILES string of the molecule is C[C]12[CH]3[CH]4[C]5(Cc6ccccc6)[C]1(C)[Fe]34251678[CH]2[CH]1[CH]6[CH]7[CH]28. The fraction of sp³-hybridized carbons (Fsp3) is 0.684. The summed E-state index contributed by atoms with van der Waals surface area (Å²) in [6.45, 7) is 2.66. The Balaban J connectivity index is 1.44. The summed E-state index contributed by atoms with van der Waals surface area (Å²) < 4.78 is 3.00. The molecule has 0 N–H and O–H groups in total. The third-order valence-electron chi connectivity index (χ3n) is 18.3. The molecule has 1 heteroatoms. The van der Waals surface area contributed by atoms with Crippen LogP contribution in [0.15, 0.2) is 30.3 Å². The molecule has 0 aliphatic carbocycles. The van der Waals surface area contributed by atoms with Crippen molar-refractivity contribution in [3.05, 3.63) is 35.9 Å². The second kappa shape index (κ2) is 0.686. The molecular formula is C19H20Fe. The van der Waals surface area contributed by atoms with Crippen LogP contribution in [-0.4, -0.2) is 0 Å². The molecule has 11 rings (SSSR count). The van der Waals surface area contributed by atoms with E-state index in [1.54, 1.807) is 5.56 Å². The van der Waals surface area contributed by atoms with Crippen LogP contribution in [0.1, 0.15) is 19.4 Å². The monoisotopic (exact) mass is 304 g/mol. The molecule has 1 aromatic carbocycles. The van der Waals surface area contributed by atoms with Gasteiger partial charge in [-0.05, 0) is 0 Å². The van der Waals surface area contributed by atoms with Gasteiger partial charge in [-0.25, -0.2) is 0 Å². The molecule has 20 heavy (non-hydrogen) atoms. The normalized spacial score (nSPS) is 110. The average molecular weight is 304 g/mol. The van der Waals surface area contributed by atoms with Gasteiger partial charge in [-0.3, -0.25) is 0 Å². The standard InChI is InChI=1S/C14H15.C5H5.Fe/c1-11-8-9-14(12(11)2)10-13-6-4-3-5-7-13;1-2-4-5-3-1;/h3-9H,10H2,1-2H3;1-5H;. The van der Waals surface area contributed by atoms with Crippen LogP contribution in [0.5, 0.6) is 0 Å². The maximum atomic E-state index is 2.88. The summed E-state index contributed by atoms with van der Waals surface area (Å²) in [5, 5.41) is 0. The zero-order valence-corrected chi connectivity index (χ0v) is 13.1. The van der Waals surface area contributed by atoms with Gasteiger partial charge in [-0.1, -0.05) is 0 Å². The molecule has 10 saturated heterocycles. The Kier molecular flexibility index (Phi) is 0.269. The summed E-state index contributed by atoms with van der Waals surface area (Å²) in [7, 11) is 0. The average Bonchev–Trinajstić information content (AvgIpc) is 3.42. The van der Waals surface area contributed by atoms with Crippen LogP contribution in [0.2, 0.25) is 46.7 Å². The van der Waals surface area contributed by atoms with Crippen LogP contribution in [0.25, 0.3) is 0 Å². The minimum atomic E-state index is -3.08. The molecule has 0 amide bonds. The van der Waals surface area contributed by atoms with E-state index in [0.29, 0.717) is 0 Å². The summed E-state index contributed by atoms with van der Waals surface area (Å²) in [4.78, 5) is 10.0.